The van der Waals surface area contributed by atoms with Gasteiger partial charge >= 0.3 is 0 Å². The molecule has 1 aromatic carbocycles. The largest absolute Gasteiger partial charge is 0.324 e. The fourth-order valence-electron chi connectivity index (χ4n) is 2.85. The van der Waals surface area contributed by atoms with Crippen molar-refractivity contribution >= 4 is 28.9 Å². The summed E-state index contributed by atoms with van der Waals surface area (Å²) in [5.74, 6) is 0. The highest BCUT2D eigenvalue weighted by Crippen LogP contribution is 2.34. The topological polar surface area (TPSA) is 35.9 Å². The van der Waals surface area contributed by atoms with Gasteiger partial charge in [0, 0.05) is 43.1 Å². The first-order chi connectivity index (χ1) is 11.7. The Kier molecular flexibility index (Phi) is 5.74. The molecule has 1 fully saturated rings. The third-order valence-electron chi connectivity index (χ3n) is 4.67. The highest BCUT2D eigenvalue weighted by molar-refractivity contribution is 8.14. The Hall–Kier alpha value is -1.59. The molecule has 0 radical (unpaired) electrons. The number of nitrogens with zero attached hydrogens (tertiary/aromatic N) is 3. The number of amidine groups is 1. The summed E-state index contributed by atoms with van der Waals surface area (Å²) in [6.07, 6.45) is 5.64. The Morgan fingerprint density at radius 2 is 2.08 bits per heavy atom. The number of hydrogen-bond donors (Lipinski definition) is 0. The first-order valence-electron chi connectivity index (χ1n) is 8.57. The Morgan fingerprint density at radius 3 is 2.71 bits per heavy atom. The van der Waals surface area contributed by atoms with Crippen LogP contribution in [0.3, 0.4) is 0 Å². The monoisotopic (exact) mass is 343 g/mol. The van der Waals surface area contributed by atoms with Crippen molar-refractivity contribution in [2.24, 2.45) is 4.99 Å². The summed E-state index contributed by atoms with van der Waals surface area (Å²) in [4.78, 5) is 20.7. The molecule has 4 nitrogen and oxygen atoms in total. The number of carbonyl (C=O) groups excluding carboxylic acids is 1. The van der Waals surface area contributed by atoms with Crippen LogP contribution in [0.25, 0.3) is 0 Å². The standard InChI is InChI=1S/C19H25N3OS/c1-21-12-11-18(15(13-21)14-23)20-19(24-17-9-6-10-17)22(2)16-7-4-3-5-8-16/h3-5,7-8,14,17H,6,9-13H2,1-2H3. The van der Waals surface area contributed by atoms with Crippen molar-refractivity contribution in [1.29, 1.82) is 0 Å². The predicted molar refractivity (Wildman–Crippen MR) is 103 cm³/mol. The van der Waals surface area contributed by atoms with E-state index in [2.05, 4.69) is 29.0 Å². The van der Waals surface area contributed by atoms with Gasteiger partial charge in [-0.3, -0.25) is 4.79 Å². The van der Waals surface area contributed by atoms with E-state index >= 15 is 0 Å². The minimum atomic E-state index is 0.654. The minimum Gasteiger partial charge on any atom is -0.324 e. The van der Waals surface area contributed by atoms with Crippen LogP contribution in [0.15, 0.2) is 46.6 Å². The smallest absolute Gasteiger partial charge is 0.168 e. The van der Waals surface area contributed by atoms with Crippen LogP contribution in [0.5, 0.6) is 0 Å². The summed E-state index contributed by atoms with van der Waals surface area (Å²) in [6.45, 7) is 1.64. The van der Waals surface area contributed by atoms with Crippen molar-refractivity contribution in [1.82, 2.24) is 4.90 Å². The highest BCUT2D eigenvalue weighted by Gasteiger charge is 2.24. The summed E-state index contributed by atoms with van der Waals surface area (Å²) in [7, 11) is 4.11. The van der Waals surface area contributed by atoms with Crippen LogP contribution in [0.4, 0.5) is 5.69 Å². The molecule has 0 N–H and O–H groups in total. The van der Waals surface area contributed by atoms with Gasteiger partial charge in [0.2, 0.25) is 0 Å². The van der Waals surface area contributed by atoms with E-state index in [1.807, 2.05) is 37.0 Å². The average Bonchev–Trinajstić information content (AvgIpc) is 2.58. The van der Waals surface area contributed by atoms with Crippen molar-refractivity contribution in [3.8, 4) is 0 Å². The van der Waals surface area contributed by atoms with Crippen molar-refractivity contribution in [3.05, 3.63) is 41.6 Å². The van der Waals surface area contributed by atoms with Crippen molar-refractivity contribution in [2.45, 2.75) is 30.9 Å². The van der Waals surface area contributed by atoms with Gasteiger partial charge in [0.05, 0.1) is 5.70 Å². The molecule has 2 aliphatic rings. The molecule has 1 saturated carbocycles. The zero-order valence-electron chi connectivity index (χ0n) is 14.4. The molecule has 0 spiro atoms. The van der Waals surface area contributed by atoms with Gasteiger partial charge in [-0.25, -0.2) is 4.99 Å². The van der Waals surface area contributed by atoms with Crippen LogP contribution < -0.4 is 4.90 Å². The predicted octanol–water partition coefficient (Wildman–Crippen LogP) is 3.55. The summed E-state index contributed by atoms with van der Waals surface area (Å²) >= 11 is 1.85. The van der Waals surface area contributed by atoms with Crippen LogP contribution in [-0.2, 0) is 4.79 Å². The molecule has 0 bridgehead atoms. The van der Waals surface area contributed by atoms with Gasteiger partial charge < -0.3 is 9.80 Å². The van der Waals surface area contributed by atoms with Crippen molar-refractivity contribution in [3.63, 3.8) is 0 Å². The van der Waals surface area contributed by atoms with E-state index in [-0.39, 0.29) is 0 Å². The normalized spacial score (nSPS) is 20.0. The van der Waals surface area contributed by atoms with Gasteiger partial charge in [-0.1, -0.05) is 36.4 Å². The number of thioether (sulfide) groups is 1. The van der Waals surface area contributed by atoms with E-state index < -0.39 is 0 Å². The van der Waals surface area contributed by atoms with Crippen LogP contribution >= 0.6 is 11.8 Å². The highest BCUT2D eigenvalue weighted by atomic mass is 32.2. The Bertz CT molecular complexity index is 637. The maximum Gasteiger partial charge on any atom is 0.168 e. The number of likely N-dealkylation sites (N-methyl/N-ethyl adjacent to an activating group) is 1. The number of hydrogen-bond acceptors (Lipinski definition) is 4. The fourth-order valence-corrected chi connectivity index (χ4v) is 4.14. The summed E-state index contributed by atoms with van der Waals surface area (Å²) < 4.78 is 0. The van der Waals surface area contributed by atoms with Gasteiger partial charge in [0.25, 0.3) is 0 Å². The second kappa shape index (κ2) is 7.99. The number of para-hydroxylation sites is 1. The number of aldehydes is 1. The lowest BCUT2D eigenvalue weighted by molar-refractivity contribution is -0.105. The maximum atomic E-state index is 11.5. The second-order valence-corrected chi connectivity index (χ2v) is 7.80. The first kappa shape index (κ1) is 17.2. The SMILES string of the molecule is CN1CCC(N=C(SC2CCC2)N(C)c2ccccc2)=C(C=O)C1. The van der Waals surface area contributed by atoms with Crippen molar-refractivity contribution < 1.29 is 4.79 Å². The fraction of sp³-hybridized carbons (Fsp3) is 0.474. The molecule has 0 aromatic heterocycles. The molecule has 0 atom stereocenters. The average molecular weight is 343 g/mol. The zero-order chi connectivity index (χ0) is 16.9. The van der Waals surface area contributed by atoms with Gasteiger partial charge in [0.15, 0.2) is 5.17 Å². The van der Waals surface area contributed by atoms with E-state index in [4.69, 9.17) is 4.99 Å². The summed E-state index contributed by atoms with van der Waals surface area (Å²) in [5.41, 5.74) is 2.90. The number of rotatable bonds is 4. The van der Waals surface area contributed by atoms with Gasteiger partial charge in [-0.15, -0.1) is 0 Å². The molecule has 0 unspecified atom stereocenters. The van der Waals surface area contributed by atoms with Gasteiger partial charge in [-0.05, 0) is 32.0 Å². The van der Waals surface area contributed by atoms with E-state index in [0.717, 1.165) is 41.4 Å². The molecule has 1 heterocycles. The van der Waals surface area contributed by atoms with Crippen LogP contribution in [0, 0.1) is 0 Å². The third-order valence-corrected chi connectivity index (χ3v) is 6.05. The van der Waals surface area contributed by atoms with E-state index in [9.17, 15) is 4.79 Å². The molecule has 1 aromatic rings. The summed E-state index contributed by atoms with van der Waals surface area (Å²) in [5, 5.41) is 1.66. The molecule has 0 saturated heterocycles. The van der Waals surface area contributed by atoms with E-state index in [0.29, 0.717) is 11.8 Å². The lowest BCUT2D eigenvalue weighted by Crippen LogP contribution is -2.31. The molecule has 1 aliphatic carbocycles. The third kappa shape index (κ3) is 4.08. The Morgan fingerprint density at radius 1 is 1.33 bits per heavy atom. The number of anilines is 1. The molecular formula is C19H25N3OS. The molecular weight excluding hydrogens is 318 g/mol. The van der Waals surface area contributed by atoms with Crippen LogP contribution in [0.1, 0.15) is 25.7 Å². The molecule has 1 aliphatic heterocycles. The van der Waals surface area contributed by atoms with Gasteiger partial charge in [-0.2, -0.15) is 0 Å². The minimum absolute atomic E-state index is 0.654. The Balaban J connectivity index is 1.90. The quantitative estimate of drug-likeness (QED) is 0.476. The number of benzene rings is 1. The first-order valence-corrected chi connectivity index (χ1v) is 9.45. The number of aliphatic imine (C=N–C) groups is 1. The Labute approximate surface area is 148 Å². The molecule has 3 rings (SSSR count). The summed E-state index contributed by atoms with van der Waals surface area (Å²) in [6, 6.07) is 10.3. The molecule has 128 valence electrons. The maximum absolute atomic E-state index is 11.5. The zero-order valence-corrected chi connectivity index (χ0v) is 15.3. The lowest BCUT2D eigenvalue weighted by Gasteiger charge is -2.30. The lowest BCUT2D eigenvalue weighted by atomic mass is 10.0. The van der Waals surface area contributed by atoms with Gasteiger partial charge in [0.1, 0.15) is 6.29 Å². The molecule has 24 heavy (non-hydrogen) atoms. The second-order valence-electron chi connectivity index (χ2n) is 6.54. The number of carbonyl (C=O) groups is 1. The van der Waals surface area contributed by atoms with Crippen molar-refractivity contribution in [2.75, 3.05) is 32.1 Å². The molecule has 5 heteroatoms. The molecule has 0 amide bonds. The van der Waals surface area contributed by atoms with Crippen LogP contribution in [0.2, 0.25) is 0 Å². The van der Waals surface area contributed by atoms with E-state index in [1.165, 1.54) is 19.3 Å². The van der Waals surface area contributed by atoms with Crippen LogP contribution in [-0.4, -0.2) is 48.8 Å². The van der Waals surface area contributed by atoms with E-state index in [1.54, 1.807) is 0 Å².